The maximum atomic E-state index is 15.3. The van der Waals surface area contributed by atoms with Crippen molar-refractivity contribution in [2.75, 3.05) is 18.4 Å². The molecule has 4 aromatic rings. The van der Waals surface area contributed by atoms with Crippen LogP contribution in [0.5, 0.6) is 5.75 Å². The van der Waals surface area contributed by atoms with Gasteiger partial charge in [0.15, 0.2) is 11.2 Å². The van der Waals surface area contributed by atoms with E-state index in [1.807, 2.05) is 0 Å². The third-order valence-corrected chi connectivity index (χ3v) is 7.45. The maximum absolute atomic E-state index is 15.3. The third kappa shape index (κ3) is 5.17. The second-order valence-electron chi connectivity index (χ2n) is 8.47. The van der Waals surface area contributed by atoms with E-state index < -0.39 is 34.2 Å². The van der Waals surface area contributed by atoms with Gasteiger partial charge in [0.25, 0.3) is 5.56 Å². The van der Waals surface area contributed by atoms with E-state index in [4.69, 9.17) is 16.3 Å². The summed E-state index contributed by atoms with van der Waals surface area (Å²) in [6.45, 7) is 0.531. The lowest BCUT2D eigenvalue weighted by molar-refractivity contribution is 0.403. The second-order valence-corrected chi connectivity index (χ2v) is 10.1. The van der Waals surface area contributed by atoms with Crippen LogP contribution in [0.3, 0.4) is 0 Å². The number of anilines is 1. The largest absolute Gasteiger partial charge is 0.495 e. The van der Waals surface area contributed by atoms with Crippen LogP contribution in [-0.4, -0.2) is 31.7 Å². The molecule has 0 fully saturated rings. The van der Waals surface area contributed by atoms with E-state index in [9.17, 15) is 17.8 Å². The zero-order chi connectivity index (χ0) is 27.0. The summed E-state index contributed by atoms with van der Waals surface area (Å²) in [6, 6.07) is 11.8. The molecule has 1 aliphatic heterocycles. The van der Waals surface area contributed by atoms with E-state index in [2.05, 4.69) is 9.71 Å². The number of nitrogens with zero attached hydrogens (tertiary/aromatic N) is 3. The van der Waals surface area contributed by atoms with Crippen molar-refractivity contribution in [2.24, 2.45) is 0 Å². The summed E-state index contributed by atoms with van der Waals surface area (Å²) < 4.78 is 66.5. The SMILES string of the molecule is COc1cc(-c2cc(F)cc(Cl)c2)c(F)cc1-n1c2c(ccc1=O)CN(S(=O)Nc1ccc(F)cn1)CC2. The minimum Gasteiger partial charge on any atom is -0.495 e. The first-order valence-electron chi connectivity index (χ1n) is 11.4. The molecule has 1 aliphatic rings. The summed E-state index contributed by atoms with van der Waals surface area (Å²) in [4.78, 5) is 16.9. The Labute approximate surface area is 223 Å². The van der Waals surface area contributed by atoms with Crippen molar-refractivity contribution in [1.82, 2.24) is 13.9 Å². The molecule has 0 aliphatic carbocycles. The lowest BCUT2D eigenvalue weighted by atomic mass is 10.0. The van der Waals surface area contributed by atoms with Crippen molar-refractivity contribution < 1.29 is 22.1 Å². The minimum atomic E-state index is -1.68. The lowest BCUT2D eigenvalue weighted by Gasteiger charge is -2.29. The van der Waals surface area contributed by atoms with E-state index in [1.54, 1.807) is 10.4 Å². The van der Waals surface area contributed by atoms with E-state index >= 15 is 4.39 Å². The molecule has 1 atom stereocenters. The number of aromatic nitrogens is 2. The van der Waals surface area contributed by atoms with E-state index in [1.165, 1.54) is 48.1 Å². The van der Waals surface area contributed by atoms with Gasteiger partial charge in [-0.05, 0) is 47.5 Å². The Bertz CT molecular complexity index is 1590. The Hall–Kier alpha value is -3.67. The third-order valence-electron chi connectivity index (χ3n) is 6.07. The Morgan fingerprint density at radius 2 is 1.87 bits per heavy atom. The summed E-state index contributed by atoms with van der Waals surface area (Å²) in [5.41, 5.74) is 1.40. The zero-order valence-corrected chi connectivity index (χ0v) is 21.5. The normalized spacial score (nSPS) is 14.1. The van der Waals surface area contributed by atoms with Crippen LogP contribution in [0.25, 0.3) is 16.8 Å². The van der Waals surface area contributed by atoms with Crippen LogP contribution in [0.1, 0.15) is 11.3 Å². The zero-order valence-electron chi connectivity index (χ0n) is 19.9. The lowest BCUT2D eigenvalue weighted by Crippen LogP contribution is -2.38. The molecule has 0 radical (unpaired) electrons. The van der Waals surface area contributed by atoms with Crippen molar-refractivity contribution in [1.29, 1.82) is 0 Å². The smallest absolute Gasteiger partial charge is 0.255 e. The molecule has 196 valence electrons. The molecular formula is C26H20ClF3N4O3S. The molecule has 2 aromatic heterocycles. The molecule has 0 saturated heterocycles. The summed E-state index contributed by atoms with van der Waals surface area (Å²) in [5, 5.41) is 0.113. The van der Waals surface area contributed by atoms with Crippen molar-refractivity contribution >= 4 is 28.6 Å². The van der Waals surface area contributed by atoms with Crippen LogP contribution in [0.4, 0.5) is 19.0 Å². The number of halogens is 4. The molecule has 0 bridgehead atoms. The van der Waals surface area contributed by atoms with Gasteiger partial charge in [0.2, 0.25) is 0 Å². The van der Waals surface area contributed by atoms with E-state index in [-0.39, 0.29) is 39.9 Å². The summed E-state index contributed by atoms with van der Waals surface area (Å²) in [5.74, 6) is -1.37. The molecule has 5 rings (SSSR count). The van der Waals surface area contributed by atoms with Gasteiger partial charge in [0, 0.05) is 47.9 Å². The molecule has 1 unspecified atom stereocenters. The molecule has 0 spiro atoms. The van der Waals surface area contributed by atoms with E-state index in [0.717, 1.165) is 18.3 Å². The van der Waals surface area contributed by atoms with Crippen LogP contribution in [0.2, 0.25) is 5.02 Å². The average Bonchev–Trinajstić information content (AvgIpc) is 2.89. The highest BCUT2D eigenvalue weighted by Gasteiger charge is 2.26. The number of pyridine rings is 2. The van der Waals surface area contributed by atoms with Gasteiger partial charge in [-0.1, -0.05) is 17.7 Å². The molecule has 0 saturated carbocycles. The van der Waals surface area contributed by atoms with Crippen LogP contribution < -0.4 is 15.0 Å². The quantitative estimate of drug-likeness (QED) is 0.359. The first-order chi connectivity index (χ1) is 18.2. The molecule has 12 heteroatoms. The van der Waals surface area contributed by atoms with E-state index in [0.29, 0.717) is 24.2 Å². The van der Waals surface area contributed by atoms with Gasteiger partial charge in [-0.3, -0.25) is 14.1 Å². The Balaban J connectivity index is 1.49. The van der Waals surface area contributed by atoms with Crippen molar-refractivity contribution in [3.05, 3.63) is 105 Å². The fourth-order valence-corrected chi connectivity index (χ4v) is 5.51. The maximum Gasteiger partial charge on any atom is 0.255 e. The summed E-state index contributed by atoms with van der Waals surface area (Å²) in [6.07, 6.45) is 1.34. The standard InChI is InChI=1S/C26H20ClF3N4O3S/c1-37-24-11-20(16-8-17(27)10-19(29)9-16)21(30)12-23(24)34-22-6-7-33(14-15(22)2-5-26(34)35)38(36)32-25-4-3-18(28)13-31-25/h2-5,8-13H,6-7,14H2,1H3,(H,31,32). The highest BCUT2D eigenvalue weighted by molar-refractivity contribution is 7.84. The van der Waals surface area contributed by atoms with Gasteiger partial charge >= 0.3 is 0 Å². The fourth-order valence-electron chi connectivity index (χ4n) is 4.34. The topological polar surface area (TPSA) is 76.5 Å². The predicted molar refractivity (Wildman–Crippen MR) is 139 cm³/mol. The minimum absolute atomic E-state index is 0.0619. The van der Waals surface area contributed by atoms with Crippen LogP contribution in [0.15, 0.2) is 65.6 Å². The highest BCUT2D eigenvalue weighted by Crippen LogP contribution is 2.35. The molecule has 3 heterocycles. The Kier molecular flexibility index (Phi) is 7.24. The van der Waals surface area contributed by atoms with Crippen molar-refractivity contribution in [3.8, 4) is 22.6 Å². The monoisotopic (exact) mass is 560 g/mol. The first-order valence-corrected chi connectivity index (χ1v) is 12.8. The van der Waals surface area contributed by atoms with Crippen LogP contribution in [0, 0.1) is 17.5 Å². The number of hydrogen-bond acceptors (Lipinski definition) is 4. The van der Waals surface area contributed by atoms with Crippen LogP contribution in [-0.2, 0) is 24.1 Å². The first kappa shape index (κ1) is 26.0. The number of nitrogens with one attached hydrogen (secondary N) is 1. The van der Waals surface area contributed by atoms with Crippen molar-refractivity contribution in [3.63, 3.8) is 0 Å². The van der Waals surface area contributed by atoms with Gasteiger partial charge in [-0.15, -0.1) is 0 Å². The number of hydrogen-bond donors (Lipinski definition) is 1. The number of fused-ring (bicyclic) bond motifs is 1. The van der Waals surface area contributed by atoms with Crippen LogP contribution >= 0.6 is 11.6 Å². The number of rotatable bonds is 6. The fraction of sp³-hybridized carbons (Fsp3) is 0.154. The van der Waals surface area contributed by atoms with Gasteiger partial charge in [0.05, 0.1) is 19.0 Å². The highest BCUT2D eigenvalue weighted by atomic mass is 35.5. The summed E-state index contributed by atoms with van der Waals surface area (Å²) >= 11 is 4.27. The molecule has 2 aromatic carbocycles. The number of methoxy groups -OCH3 is 1. The predicted octanol–water partition coefficient (Wildman–Crippen LogP) is 5.03. The van der Waals surface area contributed by atoms with Gasteiger partial charge in [0.1, 0.15) is 29.0 Å². The Morgan fingerprint density at radius 3 is 2.58 bits per heavy atom. The molecule has 38 heavy (non-hydrogen) atoms. The second kappa shape index (κ2) is 10.6. The number of ether oxygens (including phenoxy) is 1. The average molecular weight is 561 g/mol. The molecular weight excluding hydrogens is 541 g/mol. The van der Waals surface area contributed by atoms with Gasteiger partial charge in [-0.2, -0.15) is 0 Å². The number of benzene rings is 2. The van der Waals surface area contributed by atoms with Gasteiger partial charge < -0.3 is 4.74 Å². The molecule has 0 amide bonds. The summed E-state index contributed by atoms with van der Waals surface area (Å²) in [7, 11) is 1.39. The Morgan fingerprint density at radius 1 is 1.05 bits per heavy atom. The van der Waals surface area contributed by atoms with Gasteiger partial charge in [-0.25, -0.2) is 26.7 Å². The van der Waals surface area contributed by atoms with Crippen molar-refractivity contribution in [2.45, 2.75) is 13.0 Å². The molecule has 7 nitrogen and oxygen atoms in total. The molecule has 1 N–H and O–H groups in total.